The monoisotopic (exact) mass is 424 g/mol. The van der Waals surface area contributed by atoms with Gasteiger partial charge in [-0.15, -0.1) is 0 Å². The summed E-state index contributed by atoms with van der Waals surface area (Å²) in [5.41, 5.74) is 5.76. The summed E-state index contributed by atoms with van der Waals surface area (Å²) in [7, 11) is 2.44. The van der Waals surface area contributed by atoms with Gasteiger partial charge in [-0.25, -0.2) is 0 Å². The van der Waals surface area contributed by atoms with Crippen LogP contribution < -0.4 is 5.32 Å². The summed E-state index contributed by atoms with van der Waals surface area (Å²) in [5.74, 6) is 4.57. The molecule has 1 aliphatic carbocycles. The van der Waals surface area contributed by atoms with Gasteiger partial charge in [0.2, 0.25) is 0 Å². The fourth-order valence-corrected chi connectivity index (χ4v) is 5.89. The minimum atomic E-state index is 0.214. The summed E-state index contributed by atoms with van der Waals surface area (Å²) in [6.07, 6.45) is 17.6. The Morgan fingerprint density at radius 1 is 1.30 bits per heavy atom. The average molecular weight is 425 g/mol. The molecule has 0 amide bonds. The molecule has 2 unspecified atom stereocenters. The van der Waals surface area contributed by atoms with Crippen molar-refractivity contribution in [2.24, 2.45) is 0 Å². The van der Waals surface area contributed by atoms with E-state index in [1.54, 1.807) is 0 Å². The third kappa shape index (κ3) is 7.14. The lowest BCUT2D eigenvalue weighted by Gasteiger charge is -2.34. The van der Waals surface area contributed by atoms with Crippen molar-refractivity contribution in [3.63, 3.8) is 0 Å². The van der Waals surface area contributed by atoms with Crippen molar-refractivity contribution in [3.05, 3.63) is 84.2 Å². The number of likely N-dealkylation sites (tertiary alicyclic amines) is 1. The Bertz CT molecular complexity index is 786. The first-order valence-corrected chi connectivity index (χ1v) is 12.5. The van der Waals surface area contributed by atoms with Crippen molar-refractivity contribution in [2.45, 2.75) is 50.0 Å². The first-order chi connectivity index (χ1) is 14.3. The molecule has 30 heavy (non-hydrogen) atoms. The zero-order chi connectivity index (χ0) is 22.1. The van der Waals surface area contributed by atoms with Gasteiger partial charge >= 0.3 is 0 Å². The summed E-state index contributed by atoms with van der Waals surface area (Å²) in [6, 6.07) is 0. The molecule has 0 aromatic carbocycles. The van der Waals surface area contributed by atoms with Gasteiger partial charge in [0.05, 0.1) is 0 Å². The Morgan fingerprint density at radius 3 is 2.57 bits per heavy atom. The minimum absolute atomic E-state index is 0.214. The first kappa shape index (κ1) is 24.4. The van der Waals surface area contributed by atoms with Crippen molar-refractivity contribution < 1.29 is 0 Å². The van der Waals surface area contributed by atoms with Gasteiger partial charge in [-0.2, -0.15) is 10.5 Å². The van der Waals surface area contributed by atoms with Crippen LogP contribution in [0.1, 0.15) is 39.5 Å². The largest absolute Gasteiger partial charge is 0.381 e. The van der Waals surface area contributed by atoms with Gasteiger partial charge in [-0.1, -0.05) is 62.1 Å². The number of piperidine rings is 1. The van der Waals surface area contributed by atoms with Crippen LogP contribution in [-0.4, -0.2) is 48.0 Å². The summed E-state index contributed by atoms with van der Waals surface area (Å²) in [6.45, 7) is 19.6. The van der Waals surface area contributed by atoms with Crippen LogP contribution in [0.5, 0.6) is 0 Å². The SMILES string of the molecule is C=C/C=C(C)\C(=C/C)CC(=C)C(=C)NCC1=CCC(S(=C)C2CCN(C)CC2)C=C1. The van der Waals surface area contributed by atoms with Gasteiger partial charge in [-0.05, 0) is 82.0 Å². The summed E-state index contributed by atoms with van der Waals surface area (Å²) >= 11 is 0. The van der Waals surface area contributed by atoms with Crippen LogP contribution in [0, 0.1) is 0 Å². The number of nitrogens with zero attached hydrogens (tertiary/aromatic N) is 1. The highest BCUT2D eigenvalue weighted by atomic mass is 32.2. The molecule has 1 heterocycles. The van der Waals surface area contributed by atoms with E-state index in [-0.39, 0.29) is 10.5 Å². The van der Waals surface area contributed by atoms with E-state index in [2.05, 4.69) is 81.0 Å². The highest BCUT2D eigenvalue weighted by Gasteiger charge is 2.23. The molecule has 0 spiro atoms. The maximum Gasteiger partial charge on any atom is 0.0397 e. The topological polar surface area (TPSA) is 15.3 Å². The average Bonchev–Trinajstić information content (AvgIpc) is 2.76. The van der Waals surface area contributed by atoms with Crippen molar-refractivity contribution >= 4 is 16.4 Å². The van der Waals surface area contributed by atoms with Gasteiger partial charge in [0.15, 0.2) is 0 Å². The molecule has 1 N–H and O–H groups in total. The molecule has 0 radical (unpaired) electrons. The minimum Gasteiger partial charge on any atom is -0.381 e. The third-order valence-corrected chi connectivity index (χ3v) is 8.63. The Kier molecular flexibility index (Phi) is 9.87. The van der Waals surface area contributed by atoms with Crippen LogP contribution >= 0.6 is 10.5 Å². The smallest absolute Gasteiger partial charge is 0.0397 e. The number of hydrogen-bond acceptors (Lipinski definition) is 2. The molecule has 0 aromatic rings. The Hall–Kier alpha value is -1.84. The van der Waals surface area contributed by atoms with Gasteiger partial charge < -0.3 is 10.2 Å². The highest BCUT2D eigenvalue weighted by molar-refractivity contribution is 8.15. The fraction of sp³-hybridized carbons (Fsp3) is 0.444. The maximum absolute atomic E-state index is 4.57. The number of hydrogen-bond donors (Lipinski definition) is 1. The van der Waals surface area contributed by atoms with Crippen LogP contribution in [0.3, 0.4) is 0 Å². The zero-order valence-corrected chi connectivity index (χ0v) is 20.1. The number of nitrogens with one attached hydrogen (secondary N) is 1. The zero-order valence-electron chi connectivity index (χ0n) is 19.3. The van der Waals surface area contributed by atoms with Gasteiger partial charge in [0.1, 0.15) is 0 Å². The van der Waals surface area contributed by atoms with E-state index in [9.17, 15) is 0 Å². The second-order valence-electron chi connectivity index (χ2n) is 8.40. The molecule has 2 nitrogen and oxygen atoms in total. The molecule has 2 atom stereocenters. The quantitative estimate of drug-likeness (QED) is 0.333. The number of rotatable bonds is 10. The summed E-state index contributed by atoms with van der Waals surface area (Å²) in [5, 5.41) is 4.84. The molecule has 0 bridgehead atoms. The lowest BCUT2D eigenvalue weighted by Crippen LogP contribution is -2.33. The van der Waals surface area contributed by atoms with Crippen LogP contribution in [0.4, 0.5) is 0 Å². The van der Waals surface area contributed by atoms with Crippen molar-refractivity contribution in [1.29, 1.82) is 0 Å². The number of allylic oxidation sites excluding steroid dienone is 7. The molecule has 2 rings (SSSR count). The van der Waals surface area contributed by atoms with Crippen LogP contribution in [0.25, 0.3) is 0 Å². The second-order valence-corrected chi connectivity index (χ2v) is 10.6. The fourth-order valence-electron chi connectivity index (χ4n) is 3.96. The molecule has 1 saturated heterocycles. The Morgan fingerprint density at radius 2 is 2.00 bits per heavy atom. The van der Waals surface area contributed by atoms with E-state index in [0.717, 1.165) is 35.9 Å². The standard InChI is InChI=1S/C27H40N2S/c1-8-10-21(3)25(9-2)19-22(4)23(5)28-20-24-11-13-26(14-12-24)30(7)27-15-17-29(6)18-16-27/h8-13,26-28H,1,4-5,7,14-20H2,2-3,6H3/b21-10-,25-9-. The third-order valence-electron chi connectivity index (χ3n) is 6.18. The molecular formula is C27H40N2S. The molecule has 0 aromatic heterocycles. The highest BCUT2D eigenvalue weighted by Crippen LogP contribution is 2.36. The van der Waals surface area contributed by atoms with E-state index in [1.165, 1.54) is 42.7 Å². The van der Waals surface area contributed by atoms with Gasteiger partial charge in [0, 0.05) is 22.7 Å². The van der Waals surface area contributed by atoms with E-state index in [0.29, 0.717) is 5.25 Å². The van der Waals surface area contributed by atoms with E-state index in [4.69, 9.17) is 0 Å². The Balaban J connectivity index is 1.80. The molecule has 164 valence electrons. The van der Waals surface area contributed by atoms with Crippen molar-refractivity contribution in [1.82, 2.24) is 10.2 Å². The molecule has 2 aliphatic rings. The lowest BCUT2D eigenvalue weighted by molar-refractivity contribution is 0.282. The van der Waals surface area contributed by atoms with Gasteiger partial charge in [-0.3, -0.25) is 0 Å². The Labute approximate surface area is 187 Å². The van der Waals surface area contributed by atoms with Crippen LogP contribution in [0.15, 0.2) is 84.2 Å². The molecule has 0 saturated carbocycles. The maximum atomic E-state index is 4.57. The van der Waals surface area contributed by atoms with E-state index < -0.39 is 0 Å². The van der Waals surface area contributed by atoms with Gasteiger partial charge in [0.25, 0.3) is 0 Å². The molecule has 3 heteroatoms. The normalized spacial score (nSPS) is 22.4. The molecule has 1 fully saturated rings. The summed E-state index contributed by atoms with van der Waals surface area (Å²) in [4.78, 5) is 2.44. The van der Waals surface area contributed by atoms with Crippen molar-refractivity contribution in [2.75, 3.05) is 26.7 Å². The molecule has 1 aliphatic heterocycles. The predicted molar refractivity (Wildman–Crippen MR) is 139 cm³/mol. The van der Waals surface area contributed by atoms with Crippen molar-refractivity contribution in [3.8, 4) is 0 Å². The first-order valence-electron chi connectivity index (χ1n) is 11.0. The van der Waals surface area contributed by atoms with Crippen LogP contribution in [0.2, 0.25) is 0 Å². The second kappa shape index (κ2) is 12.1. The molecular weight excluding hydrogens is 384 g/mol. The van der Waals surface area contributed by atoms with E-state index >= 15 is 0 Å². The summed E-state index contributed by atoms with van der Waals surface area (Å²) < 4.78 is 0. The van der Waals surface area contributed by atoms with Crippen LogP contribution in [-0.2, 0) is 0 Å². The lowest BCUT2D eigenvalue weighted by atomic mass is 9.98. The van der Waals surface area contributed by atoms with E-state index in [1.807, 2.05) is 12.2 Å². The predicted octanol–water partition coefficient (Wildman–Crippen LogP) is 6.16.